The van der Waals surface area contributed by atoms with E-state index in [1.807, 2.05) is 4.68 Å². The Labute approximate surface area is 179 Å². The first kappa shape index (κ1) is 22.5. The third-order valence-corrected chi connectivity index (χ3v) is 5.80. The zero-order chi connectivity index (χ0) is 21.5. The Morgan fingerprint density at radius 1 is 1.37 bits per heavy atom. The maximum absolute atomic E-state index is 12.0. The molecule has 1 aromatic rings. The van der Waals surface area contributed by atoms with Crippen LogP contribution in [0.1, 0.15) is 37.8 Å². The Kier molecular flexibility index (Phi) is 8.03. The first-order valence-corrected chi connectivity index (χ1v) is 10.9. The highest BCUT2D eigenvalue weighted by atomic mass is 16.5. The number of methoxy groups -OCH3 is 1. The number of aliphatic imine (C=N–C) groups is 1. The van der Waals surface area contributed by atoms with Crippen molar-refractivity contribution in [1.82, 2.24) is 35.2 Å². The molecule has 30 heavy (non-hydrogen) atoms. The maximum atomic E-state index is 12.0. The minimum absolute atomic E-state index is 0.0152. The molecule has 2 aliphatic rings. The molecule has 0 spiro atoms. The highest BCUT2D eigenvalue weighted by Gasteiger charge is 2.25. The number of nitrogens with one attached hydrogen (secondary N) is 2. The quantitative estimate of drug-likeness (QED) is 0.446. The first-order chi connectivity index (χ1) is 14.5. The van der Waals surface area contributed by atoms with Gasteiger partial charge in [0.1, 0.15) is 19.0 Å². The lowest BCUT2D eigenvalue weighted by atomic mass is 10.1. The summed E-state index contributed by atoms with van der Waals surface area (Å²) in [6.07, 6.45) is 4.22. The van der Waals surface area contributed by atoms with Crippen molar-refractivity contribution >= 4 is 11.9 Å². The van der Waals surface area contributed by atoms with Crippen molar-refractivity contribution in [3.8, 4) is 0 Å². The molecule has 2 aliphatic heterocycles. The number of nitrogens with zero attached hydrogens (tertiary/aromatic N) is 6. The highest BCUT2D eigenvalue weighted by molar-refractivity contribution is 5.85. The van der Waals surface area contributed by atoms with Crippen LogP contribution >= 0.6 is 0 Å². The second kappa shape index (κ2) is 10.7. The standard InChI is InChI=1S/C20H36N8O2/c1-5-27-10-6-7-16(27)11-21-20(22-12-19(29)26(2)3)23-15-8-9-18-24-17(14-30-4)25-28(18)13-15/h15-16H,5-14H2,1-4H3,(H2,21,22,23). The van der Waals surface area contributed by atoms with Gasteiger partial charge in [-0.05, 0) is 32.4 Å². The van der Waals surface area contributed by atoms with Crippen LogP contribution in [0.25, 0.3) is 0 Å². The number of carbonyl (C=O) groups excluding carboxylic acids is 1. The minimum Gasteiger partial charge on any atom is -0.377 e. The van der Waals surface area contributed by atoms with Crippen LogP contribution in [0.15, 0.2) is 4.99 Å². The number of hydrogen-bond donors (Lipinski definition) is 2. The van der Waals surface area contributed by atoms with E-state index in [4.69, 9.17) is 4.74 Å². The molecule has 0 saturated carbocycles. The van der Waals surface area contributed by atoms with Crippen LogP contribution in [0, 0.1) is 0 Å². The lowest BCUT2D eigenvalue weighted by Crippen LogP contribution is -2.50. The molecule has 0 radical (unpaired) electrons. The van der Waals surface area contributed by atoms with E-state index in [1.165, 1.54) is 12.8 Å². The van der Waals surface area contributed by atoms with Gasteiger partial charge in [-0.25, -0.2) is 14.7 Å². The van der Waals surface area contributed by atoms with Crippen molar-refractivity contribution in [1.29, 1.82) is 0 Å². The molecule has 1 fully saturated rings. The van der Waals surface area contributed by atoms with E-state index in [2.05, 4.69) is 37.5 Å². The van der Waals surface area contributed by atoms with Crippen LogP contribution in [0.5, 0.6) is 0 Å². The number of hydrogen-bond acceptors (Lipinski definition) is 6. The van der Waals surface area contributed by atoms with E-state index in [0.717, 1.165) is 50.7 Å². The minimum atomic E-state index is -0.0152. The zero-order valence-corrected chi connectivity index (χ0v) is 18.7. The lowest BCUT2D eigenvalue weighted by Gasteiger charge is -2.28. The van der Waals surface area contributed by atoms with Crippen LogP contribution < -0.4 is 10.6 Å². The molecule has 0 aliphatic carbocycles. The van der Waals surface area contributed by atoms with Crippen LogP contribution in [-0.2, 0) is 29.1 Å². The molecule has 10 heteroatoms. The predicted molar refractivity (Wildman–Crippen MR) is 115 cm³/mol. The van der Waals surface area contributed by atoms with Crippen LogP contribution in [-0.4, -0.2) is 95.9 Å². The van der Waals surface area contributed by atoms with Crippen molar-refractivity contribution in [2.24, 2.45) is 4.99 Å². The summed E-state index contributed by atoms with van der Waals surface area (Å²) in [5.41, 5.74) is 0. The molecule has 1 saturated heterocycles. The number of carbonyl (C=O) groups is 1. The Balaban J connectivity index is 1.62. The molecule has 2 atom stereocenters. The fraction of sp³-hybridized carbons (Fsp3) is 0.800. The third-order valence-electron chi connectivity index (χ3n) is 5.80. The van der Waals surface area contributed by atoms with Gasteiger partial charge in [0.25, 0.3) is 0 Å². The maximum Gasteiger partial charge on any atom is 0.243 e. The number of rotatable bonds is 8. The Morgan fingerprint density at radius 3 is 2.93 bits per heavy atom. The average molecular weight is 421 g/mol. The molecule has 0 bridgehead atoms. The van der Waals surface area contributed by atoms with Crippen LogP contribution in [0.3, 0.4) is 0 Å². The van der Waals surface area contributed by atoms with Gasteiger partial charge in [0, 0.05) is 46.3 Å². The summed E-state index contributed by atoms with van der Waals surface area (Å²) in [5, 5.41) is 11.5. The van der Waals surface area contributed by atoms with Gasteiger partial charge in [-0.15, -0.1) is 0 Å². The highest BCUT2D eigenvalue weighted by Crippen LogP contribution is 2.16. The predicted octanol–water partition coefficient (Wildman–Crippen LogP) is -0.153. The lowest BCUT2D eigenvalue weighted by molar-refractivity contribution is -0.127. The molecule has 3 rings (SSSR count). The number of aryl methyl sites for hydroxylation is 1. The second-order valence-corrected chi connectivity index (χ2v) is 8.20. The number of likely N-dealkylation sites (tertiary alicyclic amines) is 1. The number of fused-ring (bicyclic) bond motifs is 1. The molecule has 10 nitrogen and oxygen atoms in total. The molecule has 0 aromatic carbocycles. The van der Waals surface area contributed by atoms with Gasteiger partial charge in [-0.3, -0.25) is 9.69 Å². The molecule has 2 N–H and O–H groups in total. The summed E-state index contributed by atoms with van der Waals surface area (Å²) in [7, 11) is 5.15. The Bertz CT molecular complexity index is 732. The normalized spacial score (nSPS) is 22.1. The largest absolute Gasteiger partial charge is 0.377 e. The van der Waals surface area contributed by atoms with Gasteiger partial charge in [-0.1, -0.05) is 6.92 Å². The molecule has 1 aromatic heterocycles. The fourth-order valence-electron chi connectivity index (χ4n) is 4.06. The van der Waals surface area contributed by atoms with Gasteiger partial charge < -0.3 is 20.3 Å². The van der Waals surface area contributed by atoms with Crippen molar-refractivity contribution < 1.29 is 9.53 Å². The van der Waals surface area contributed by atoms with E-state index in [1.54, 1.807) is 26.1 Å². The second-order valence-electron chi connectivity index (χ2n) is 8.20. The topological polar surface area (TPSA) is 99.9 Å². The van der Waals surface area contributed by atoms with Gasteiger partial charge in [-0.2, -0.15) is 5.10 Å². The van der Waals surface area contributed by atoms with Crippen molar-refractivity contribution in [2.45, 2.75) is 57.8 Å². The Morgan fingerprint density at radius 2 is 2.20 bits per heavy atom. The SMILES string of the molecule is CCN1CCCC1CNC(=NCC(=O)N(C)C)NC1CCc2nc(COC)nn2C1. The average Bonchev–Trinajstić information content (AvgIpc) is 3.35. The summed E-state index contributed by atoms with van der Waals surface area (Å²) in [6.45, 7) is 6.53. The van der Waals surface area contributed by atoms with Gasteiger partial charge in [0.05, 0.1) is 6.54 Å². The number of ether oxygens (including phenoxy) is 1. The monoisotopic (exact) mass is 420 g/mol. The summed E-state index contributed by atoms with van der Waals surface area (Å²) in [6, 6.07) is 0.692. The number of guanidine groups is 1. The van der Waals surface area contributed by atoms with E-state index < -0.39 is 0 Å². The van der Waals surface area contributed by atoms with E-state index in [-0.39, 0.29) is 18.5 Å². The summed E-state index contributed by atoms with van der Waals surface area (Å²) in [5.74, 6) is 2.40. The third kappa shape index (κ3) is 5.91. The molecule has 3 heterocycles. The molecule has 2 unspecified atom stereocenters. The summed E-state index contributed by atoms with van der Waals surface area (Å²) in [4.78, 5) is 25.2. The van der Waals surface area contributed by atoms with Crippen molar-refractivity contribution in [3.05, 3.63) is 11.6 Å². The van der Waals surface area contributed by atoms with Crippen LogP contribution in [0.4, 0.5) is 0 Å². The zero-order valence-electron chi connectivity index (χ0n) is 18.7. The smallest absolute Gasteiger partial charge is 0.243 e. The van der Waals surface area contributed by atoms with Gasteiger partial charge >= 0.3 is 0 Å². The Hall–Kier alpha value is -2.20. The van der Waals surface area contributed by atoms with E-state index in [0.29, 0.717) is 18.6 Å². The van der Waals surface area contributed by atoms with Crippen molar-refractivity contribution in [3.63, 3.8) is 0 Å². The first-order valence-electron chi connectivity index (χ1n) is 10.9. The molecular formula is C20H36N8O2. The number of likely N-dealkylation sites (N-methyl/N-ethyl adjacent to an activating group) is 2. The summed E-state index contributed by atoms with van der Waals surface area (Å²) < 4.78 is 7.10. The summed E-state index contributed by atoms with van der Waals surface area (Å²) >= 11 is 0. The molecular weight excluding hydrogens is 384 g/mol. The number of aromatic nitrogens is 3. The van der Waals surface area contributed by atoms with E-state index >= 15 is 0 Å². The molecule has 1 amide bonds. The fourth-order valence-corrected chi connectivity index (χ4v) is 4.06. The van der Waals surface area contributed by atoms with Crippen molar-refractivity contribution in [2.75, 3.05) is 47.4 Å². The van der Waals surface area contributed by atoms with Crippen LogP contribution in [0.2, 0.25) is 0 Å². The van der Waals surface area contributed by atoms with Gasteiger partial charge in [0.15, 0.2) is 11.8 Å². The number of amides is 1. The van der Waals surface area contributed by atoms with Gasteiger partial charge in [0.2, 0.25) is 5.91 Å². The molecule has 168 valence electrons. The van der Waals surface area contributed by atoms with E-state index in [9.17, 15) is 4.79 Å².